The van der Waals surface area contributed by atoms with Crippen molar-refractivity contribution in [1.29, 1.82) is 0 Å². The first-order chi connectivity index (χ1) is 10.9. The molecular formula is C15H23IN6S. The summed E-state index contributed by atoms with van der Waals surface area (Å²) < 4.78 is 1.97. The molecule has 2 aromatic rings. The summed E-state index contributed by atoms with van der Waals surface area (Å²) in [4.78, 5) is 4.63. The van der Waals surface area contributed by atoms with Crippen LogP contribution in [0.5, 0.6) is 0 Å². The number of hydrogen-bond acceptors (Lipinski definition) is 4. The molecule has 0 amide bonds. The minimum Gasteiger partial charge on any atom is -0.357 e. The van der Waals surface area contributed by atoms with Crippen LogP contribution in [0.1, 0.15) is 25.6 Å². The Morgan fingerprint density at radius 3 is 3.09 bits per heavy atom. The van der Waals surface area contributed by atoms with Crippen LogP contribution in [0.4, 0.5) is 0 Å². The summed E-state index contributed by atoms with van der Waals surface area (Å²) in [5.74, 6) is 2.98. The van der Waals surface area contributed by atoms with Gasteiger partial charge in [0.2, 0.25) is 0 Å². The van der Waals surface area contributed by atoms with E-state index < -0.39 is 0 Å². The van der Waals surface area contributed by atoms with Gasteiger partial charge in [-0.15, -0.1) is 34.2 Å². The highest BCUT2D eigenvalue weighted by atomic mass is 127. The normalized spacial score (nSPS) is 18.0. The third-order valence-corrected chi connectivity index (χ3v) is 5.03. The number of fused-ring (bicyclic) bond motifs is 1. The molecular weight excluding hydrogens is 423 g/mol. The number of nitrogens with one attached hydrogen (secondary N) is 2. The summed E-state index contributed by atoms with van der Waals surface area (Å²) >= 11 is 2.05. The lowest BCUT2D eigenvalue weighted by molar-refractivity contribution is 0.724. The molecule has 0 spiro atoms. The van der Waals surface area contributed by atoms with E-state index in [4.69, 9.17) is 0 Å². The van der Waals surface area contributed by atoms with Gasteiger partial charge >= 0.3 is 0 Å². The van der Waals surface area contributed by atoms with Gasteiger partial charge in [-0.1, -0.05) is 6.07 Å². The molecule has 6 nitrogen and oxygen atoms in total. The average Bonchev–Trinajstić information content (AvgIpc) is 3.20. The average molecular weight is 446 g/mol. The second kappa shape index (κ2) is 9.31. The van der Waals surface area contributed by atoms with Gasteiger partial charge in [0, 0.05) is 24.5 Å². The first-order valence-corrected chi connectivity index (χ1v) is 8.84. The van der Waals surface area contributed by atoms with E-state index in [2.05, 4.69) is 32.7 Å². The van der Waals surface area contributed by atoms with Crippen LogP contribution >= 0.6 is 35.7 Å². The monoisotopic (exact) mass is 446 g/mol. The Balaban J connectivity index is 0.00000192. The molecule has 23 heavy (non-hydrogen) atoms. The molecule has 2 aromatic heterocycles. The van der Waals surface area contributed by atoms with Crippen LogP contribution in [0.15, 0.2) is 29.4 Å². The Labute approximate surface area is 157 Å². The summed E-state index contributed by atoms with van der Waals surface area (Å²) in [5.41, 5.74) is 0.855. The molecule has 0 saturated carbocycles. The van der Waals surface area contributed by atoms with Crippen LogP contribution in [-0.4, -0.2) is 44.6 Å². The van der Waals surface area contributed by atoms with E-state index in [0.717, 1.165) is 30.5 Å². The molecule has 1 atom stereocenters. The third-order valence-electron chi connectivity index (χ3n) is 3.63. The molecule has 1 saturated heterocycles. The number of rotatable bonds is 5. The number of aliphatic imine (C=N–C) groups is 1. The number of pyridine rings is 1. The van der Waals surface area contributed by atoms with E-state index >= 15 is 0 Å². The van der Waals surface area contributed by atoms with E-state index in [-0.39, 0.29) is 24.0 Å². The van der Waals surface area contributed by atoms with E-state index in [9.17, 15) is 0 Å². The van der Waals surface area contributed by atoms with Crippen molar-refractivity contribution in [3.05, 3.63) is 30.2 Å². The van der Waals surface area contributed by atoms with Crippen LogP contribution in [0.25, 0.3) is 5.65 Å². The SMILES string of the molecule is CCNC(=NCc1nnc2ccccn12)NCC1CCCS1.I. The number of aromatic nitrogens is 3. The molecule has 8 heteroatoms. The molecule has 3 heterocycles. The van der Waals surface area contributed by atoms with Crippen LogP contribution in [0, 0.1) is 0 Å². The molecule has 0 aromatic carbocycles. The van der Waals surface area contributed by atoms with Crippen LogP contribution in [0.2, 0.25) is 0 Å². The quantitative estimate of drug-likeness (QED) is 0.419. The maximum Gasteiger partial charge on any atom is 0.191 e. The van der Waals surface area contributed by atoms with E-state index in [1.807, 2.05) is 40.6 Å². The van der Waals surface area contributed by atoms with Crippen molar-refractivity contribution >= 4 is 47.3 Å². The van der Waals surface area contributed by atoms with E-state index in [1.54, 1.807) is 0 Å². The lowest BCUT2D eigenvalue weighted by Crippen LogP contribution is -2.40. The van der Waals surface area contributed by atoms with Gasteiger partial charge in [-0.2, -0.15) is 11.8 Å². The number of hydrogen-bond donors (Lipinski definition) is 2. The van der Waals surface area contributed by atoms with Gasteiger partial charge in [0.05, 0.1) is 0 Å². The smallest absolute Gasteiger partial charge is 0.191 e. The van der Waals surface area contributed by atoms with Crippen LogP contribution in [-0.2, 0) is 6.54 Å². The molecule has 2 N–H and O–H groups in total. The highest BCUT2D eigenvalue weighted by Gasteiger charge is 2.15. The summed E-state index contributed by atoms with van der Waals surface area (Å²) in [6.07, 6.45) is 4.60. The van der Waals surface area contributed by atoms with Crippen LogP contribution < -0.4 is 10.6 Å². The van der Waals surface area contributed by atoms with Crippen molar-refractivity contribution < 1.29 is 0 Å². The number of guanidine groups is 1. The molecule has 3 rings (SSSR count). The summed E-state index contributed by atoms with van der Waals surface area (Å²) in [7, 11) is 0. The summed E-state index contributed by atoms with van der Waals surface area (Å²) in [6.45, 7) is 4.41. The second-order valence-corrected chi connectivity index (χ2v) is 6.66. The predicted octanol–water partition coefficient (Wildman–Crippen LogP) is 2.30. The van der Waals surface area contributed by atoms with Crippen molar-refractivity contribution in [3.8, 4) is 0 Å². The number of halogens is 1. The van der Waals surface area contributed by atoms with Gasteiger partial charge in [0.25, 0.3) is 0 Å². The molecule has 1 fully saturated rings. The minimum absolute atomic E-state index is 0. The standard InChI is InChI=1S/C15H22N6S.HI/c1-2-16-15(17-10-12-6-5-9-22-12)18-11-14-20-19-13-7-3-4-8-21(13)14;/h3-4,7-8,12H,2,5-6,9-11H2,1H3,(H2,16,17,18);1H. The zero-order valence-corrected chi connectivity index (χ0v) is 16.4. The molecule has 1 aliphatic heterocycles. The van der Waals surface area contributed by atoms with Crippen molar-refractivity contribution in [2.45, 2.75) is 31.6 Å². The molecule has 0 bridgehead atoms. The first kappa shape index (κ1) is 18.3. The van der Waals surface area contributed by atoms with Gasteiger partial charge in [-0.25, -0.2) is 4.99 Å². The molecule has 0 radical (unpaired) electrons. The maximum atomic E-state index is 4.63. The Morgan fingerprint density at radius 2 is 2.30 bits per heavy atom. The van der Waals surface area contributed by atoms with Gasteiger partial charge in [0.1, 0.15) is 6.54 Å². The van der Waals surface area contributed by atoms with E-state index in [0.29, 0.717) is 11.8 Å². The molecule has 1 aliphatic rings. The zero-order chi connectivity index (χ0) is 15.2. The Kier molecular flexibility index (Phi) is 7.41. The lowest BCUT2D eigenvalue weighted by Gasteiger charge is -2.14. The van der Waals surface area contributed by atoms with Gasteiger partial charge in [-0.05, 0) is 37.7 Å². The molecule has 0 aliphatic carbocycles. The fourth-order valence-electron chi connectivity index (χ4n) is 2.51. The van der Waals surface area contributed by atoms with Gasteiger partial charge in [0.15, 0.2) is 17.4 Å². The van der Waals surface area contributed by atoms with Gasteiger partial charge in [-0.3, -0.25) is 4.40 Å². The van der Waals surface area contributed by atoms with E-state index in [1.165, 1.54) is 18.6 Å². The Hall–Kier alpha value is -1.03. The fourth-order valence-corrected chi connectivity index (χ4v) is 3.71. The predicted molar refractivity (Wildman–Crippen MR) is 107 cm³/mol. The fraction of sp³-hybridized carbons (Fsp3) is 0.533. The van der Waals surface area contributed by atoms with Crippen LogP contribution in [0.3, 0.4) is 0 Å². The highest BCUT2D eigenvalue weighted by molar-refractivity contribution is 14.0. The summed E-state index contributed by atoms with van der Waals surface area (Å²) in [5, 5.41) is 15.8. The van der Waals surface area contributed by atoms with Gasteiger partial charge < -0.3 is 10.6 Å². The minimum atomic E-state index is 0. The maximum absolute atomic E-state index is 4.63. The Morgan fingerprint density at radius 1 is 1.39 bits per heavy atom. The van der Waals surface area contributed by atoms with Crippen molar-refractivity contribution in [2.24, 2.45) is 4.99 Å². The number of thioether (sulfide) groups is 1. The molecule has 126 valence electrons. The third kappa shape index (κ3) is 4.97. The topological polar surface area (TPSA) is 66.6 Å². The molecule has 1 unspecified atom stereocenters. The lowest BCUT2D eigenvalue weighted by atomic mass is 10.2. The first-order valence-electron chi connectivity index (χ1n) is 7.79. The second-order valence-electron chi connectivity index (χ2n) is 5.26. The number of nitrogens with zero attached hydrogens (tertiary/aromatic N) is 4. The summed E-state index contributed by atoms with van der Waals surface area (Å²) in [6, 6.07) is 5.88. The largest absolute Gasteiger partial charge is 0.357 e. The zero-order valence-electron chi connectivity index (χ0n) is 13.2. The Bertz CT molecular complexity index is 638. The van der Waals surface area contributed by atoms with Crippen molar-refractivity contribution in [2.75, 3.05) is 18.8 Å². The van der Waals surface area contributed by atoms with Crippen molar-refractivity contribution in [3.63, 3.8) is 0 Å². The van der Waals surface area contributed by atoms with Crippen molar-refractivity contribution in [1.82, 2.24) is 25.2 Å². The highest BCUT2D eigenvalue weighted by Crippen LogP contribution is 2.25.